The van der Waals surface area contributed by atoms with Crippen LogP contribution < -0.4 is 4.57 Å². The minimum atomic E-state index is -0.532. The van der Waals surface area contributed by atoms with E-state index in [9.17, 15) is 4.79 Å². The molecule has 0 radical (unpaired) electrons. The third-order valence-electron chi connectivity index (χ3n) is 3.87. The van der Waals surface area contributed by atoms with Gasteiger partial charge in [0.2, 0.25) is 6.33 Å². The topological polar surface area (TPSA) is 53.6 Å². The second-order valence-corrected chi connectivity index (χ2v) is 6.42. The van der Waals surface area contributed by atoms with Gasteiger partial charge in [0.1, 0.15) is 25.0 Å². The van der Waals surface area contributed by atoms with Gasteiger partial charge in [0.25, 0.3) is 0 Å². The maximum Gasteiger partial charge on any atom is 0.311 e. The predicted octanol–water partition coefficient (Wildman–Crippen LogP) is 1.89. The summed E-state index contributed by atoms with van der Waals surface area (Å²) in [6, 6.07) is 0.275. The molecule has 0 bridgehead atoms. The van der Waals surface area contributed by atoms with Crippen molar-refractivity contribution in [2.75, 3.05) is 33.5 Å². The van der Waals surface area contributed by atoms with E-state index in [1.165, 1.54) is 0 Å². The summed E-state index contributed by atoms with van der Waals surface area (Å²) in [6.07, 6.45) is 7.79. The first-order valence-corrected chi connectivity index (χ1v) is 8.17. The molecule has 132 valence electrons. The Morgan fingerprint density at radius 3 is 2.52 bits per heavy atom. The molecule has 0 aliphatic carbocycles. The third kappa shape index (κ3) is 6.71. The smallest absolute Gasteiger partial charge is 0.311 e. The van der Waals surface area contributed by atoms with Gasteiger partial charge in [-0.2, -0.15) is 0 Å². The van der Waals surface area contributed by atoms with Crippen LogP contribution in [0.2, 0.25) is 0 Å². The van der Waals surface area contributed by atoms with E-state index in [2.05, 4.69) is 11.5 Å². The Morgan fingerprint density at radius 2 is 1.96 bits per heavy atom. The van der Waals surface area contributed by atoms with E-state index in [0.717, 1.165) is 12.8 Å². The summed E-state index contributed by atoms with van der Waals surface area (Å²) in [6.45, 7) is 7.75. The molecule has 0 saturated carbocycles. The summed E-state index contributed by atoms with van der Waals surface area (Å²) >= 11 is 0. The molecule has 1 unspecified atom stereocenters. The maximum absolute atomic E-state index is 12.3. The number of carbonyl (C=O) groups is 1. The molecule has 1 rings (SSSR count). The molecule has 0 spiro atoms. The van der Waals surface area contributed by atoms with Gasteiger partial charge in [-0.3, -0.25) is 4.79 Å². The number of methoxy groups -OCH3 is 1. The van der Waals surface area contributed by atoms with Crippen LogP contribution >= 0.6 is 0 Å². The molecule has 0 aliphatic heterocycles. The number of carbonyl (C=O) groups excluding carboxylic acids is 1. The number of aromatic nitrogens is 2. The summed E-state index contributed by atoms with van der Waals surface area (Å²) in [5, 5.41) is 0. The second kappa shape index (κ2) is 9.67. The lowest BCUT2D eigenvalue weighted by atomic mass is 9.85. The number of aryl methyl sites for hydroxylation is 1. The van der Waals surface area contributed by atoms with Crippen LogP contribution in [0.4, 0.5) is 0 Å². The maximum atomic E-state index is 12.3. The van der Waals surface area contributed by atoms with E-state index in [0.29, 0.717) is 19.8 Å². The van der Waals surface area contributed by atoms with Crippen LogP contribution in [0.1, 0.15) is 39.7 Å². The predicted molar refractivity (Wildman–Crippen MR) is 87.0 cm³/mol. The lowest BCUT2D eigenvalue weighted by molar-refractivity contribution is -0.671. The monoisotopic (exact) mass is 327 g/mol. The summed E-state index contributed by atoms with van der Waals surface area (Å²) < 4.78 is 19.7. The molecule has 23 heavy (non-hydrogen) atoms. The largest absolute Gasteiger partial charge is 0.463 e. The number of nitrogens with zero attached hydrogens (tertiary/aromatic N) is 2. The van der Waals surface area contributed by atoms with Crippen molar-refractivity contribution >= 4 is 5.97 Å². The summed E-state index contributed by atoms with van der Waals surface area (Å²) in [5.41, 5.74) is -0.532. The molecule has 0 fully saturated rings. The fourth-order valence-electron chi connectivity index (χ4n) is 2.45. The molecule has 1 heterocycles. The van der Waals surface area contributed by atoms with E-state index in [-0.39, 0.29) is 18.6 Å². The highest BCUT2D eigenvalue weighted by Gasteiger charge is 2.34. The van der Waals surface area contributed by atoms with Crippen molar-refractivity contribution in [1.29, 1.82) is 0 Å². The summed E-state index contributed by atoms with van der Waals surface area (Å²) in [7, 11) is 3.62. The first-order valence-electron chi connectivity index (χ1n) is 8.17. The quantitative estimate of drug-likeness (QED) is 0.354. The number of esters is 1. The van der Waals surface area contributed by atoms with E-state index in [4.69, 9.17) is 14.2 Å². The number of imidazole rings is 1. The zero-order valence-corrected chi connectivity index (χ0v) is 15.1. The molecule has 6 heteroatoms. The Bertz CT molecular complexity index is 471. The Balaban J connectivity index is 2.44. The van der Waals surface area contributed by atoms with Crippen molar-refractivity contribution in [3.63, 3.8) is 0 Å². The highest BCUT2D eigenvalue weighted by Crippen LogP contribution is 2.31. The molecule has 0 aliphatic rings. The highest BCUT2D eigenvalue weighted by atomic mass is 16.6. The molecule has 1 atom stereocenters. The van der Waals surface area contributed by atoms with Gasteiger partial charge in [0.05, 0.1) is 32.3 Å². The molecule has 0 saturated heterocycles. The molecule has 0 N–H and O–H groups in total. The van der Waals surface area contributed by atoms with Crippen molar-refractivity contribution < 1.29 is 23.6 Å². The second-order valence-electron chi connectivity index (χ2n) is 6.42. The van der Waals surface area contributed by atoms with E-state index >= 15 is 0 Å². The van der Waals surface area contributed by atoms with Gasteiger partial charge in [-0.1, -0.05) is 6.92 Å². The van der Waals surface area contributed by atoms with Crippen LogP contribution in [0.3, 0.4) is 0 Å². The van der Waals surface area contributed by atoms with Crippen molar-refractivity contribution in [1.82, 2.24) is 4.57 Å². The first kappa shape index (κ1) is 19.6. The minimum Gasteiger partial charge on any atom is -0.463 e. The number of hydrogen-bond acceptors (Lipinski definition) is 4. The van der Waals surface area contributed by atoms with Crippen LogP contribution in [-0.4, -0.2) is 44.1 Å². The zero-order valence-electron chi connectivity index (χ0n) is 15.1. The Kier molecular flexibility index (Phi) is 8.26. The van der Waals surface area contributed by atoms with E-state index < -0.39 is 5.41 Å². The minimum absolute atomic E-state index is 0.178. The Morgan fingerprint density at radius 1 is 1.26 bits per heavy atom. The normalized spacial score (nSPS) is 13.1. The number of rotatable bonds is 11. The molecular formula is C17H31N2O4+. The summed E-state index contributed by atoms with van der Waals surface area (Å²) in [5.74, 6) is -0.178. The fourth-order valence-corrected chi connectivity index (χ4v) is 2.45. The molecule has 1 aromatic heterocycles. The van der Waals surface area contributed by atoms with Gasteiger partial charge in [-0.25, -0.2) is 9.13 Å². The summed E-state index contributed by atoms with van der Waals surface area (Å²) in [4.78, 5) is 12.3. The van der Waals surface area contributed by atoms with Crippen LogP contribution in [0.25, 0.3) is 0 Å². The van der Waals surface area contributed by atoms with Gasteiger partial charge < -0.3 is 14.2 Å². The number of ether oxygens (including phenoxy) is 3. The average Bonchev–Trinajstić information content (AvgIpc) is 2.94. The molecule has 0 amide bonds. The van der Waals surface area contributed by atoms with Gasteiger partial charge in [-0.15, -0.1) is 0 Å². The zero-order chi connectivity index (χ0) is 17.3. The van der Waals surface area contributed by atoms with E-state index in [1.54, 1.807) is 7.11 Å². The SMILES string of the molecule is CCC(CC(C)(C)C(=O)OCCOCCOC)n1cc[n+](C)c1. The lowest BCUT2D eigenvalue weighted by Crippen LogP contribution is -2.31. The fraction of sp³-hybridized carbons (Fsp3) is 0.765. The Labute approximate surface area is 139 Å². The van der Waals surface area contributed by atoms with Gasteiger partial charge in [0.15, 0.2) is 0 Å². The van der Waals surface area contributed by atoms with E-state index in [1.807, 2.05) is 44.2 Å². The van der Waals surface area contributed by atoms with Crippen LogP contribution in [0, 0.1) is 5.41 Å². The standard InChI is InChI=1S/C17H31N2O4/c1-6-15(19-8-7-18(4)14-19)13-17(2,3)16(20)23-12-11-22-10-9-21-5/h7-8,14-15H,6,9-13H2,1-5H3/q+1. The van der Waals surface area contributed by atoms with Crippen molar-refractivity contribution in [3.05, 3.63) is 18.7 Å². The molecular weight excluding hydrogens is 296 g/mol. The number of hydrogen-bond donors (Lipinski definition) is 0. The first-order chi connectivity index (χ1) is 10.9. The average molecular weight is 327 g/mol. The van der Waals surface area contributed by atoms with Crippen LogP contribution in [0.15, 0.2) is 18.7 Å². The van der Waals surface area contributed by atoms with Crippen molar-refractivity contribution in [3.8, 4) is 0 Å². The molecule has 1 aromatic rings. The van der Waals surface area contributed by atoms with Gasteiger partial charge in [0, 0.05) is 13.5 Å². The van der Waals surface area contributed by atoms with Crippen LogP contribution in [-0.2, 0) is 26.1 Å². The molecule has 6 nitrogen and oxygen atoms in total. The van der Waals surface area contributed by atoms with Gasteiger partial charge in [-0.05, 0) is 20.3 Å². The van der Waals surface area contributed by atoms with Crippen LogP contribution in [0.5, 0.6) is 0 Å². The third-order valence-corrected chi connectivity index (χ3v) is 3.87. The van der Waals surface area contributed by atoms with Gasteiger partial charge >= 0.3 is 5.97 Å². The molecule has 0 aromatic carbocycles. The van der Waals surface area contributed by atoms with Crippen molar-refractivity contribution in [2.45, 2.75) is 39.7 Å². The van der Waals surface area contributed by atoms with Crippen molar-refractivity contribution in [2.24, 2.45) is 12.5 Å². The highest BCUT2D eigenvalue weighted by molar-refractivity contribution is 5.75. The lowest BCUT2D eigenvalue weighted by Gasteiger charge is -2.25. The Hall–Kier alpha value is -1.40.